The molecule has 2 aliphatic heterocycles. The molecular weight excluding hydrogens is 388 g/mol. The van der Waals surface area contributed by atoms with Crippen LogP contribution in [0.25, 0.3) is 0 Å². The third-order valence-electron chi connectivity index (χ3n) is 5.51. The highest BCUT2D eigenvalue weighted by atomic mass is 35.5. The van der Waals surface area contributed by atoms with Crippen LogP contribution in [0.1, 0.15) is 12.8 Å². The number of piperidine rings is 1. The van der Waals surface area contributed by atoms with Crippen LogP contribution in [0.5, 0.6) is 5.75 Å². The fourth-order valence-corrected chi connectivity index (χ4v) is 4.23. The topological polar surface area (TPSA) is 88.4 Å². The number of nitro benzene ring substituents is 1. The average molecular weight is 413 g/mol. The lowest BCUT2D eigenvalue weighted by Crippen LogP contribution is -2.54. The first-order valence-corrected chi connectivity index (χ1v) is 9.66. The van der Waals surface area contributed by atoms with E-state index in [9.17, 15) is 14.9 Å². The first-order valence-electron chi connectivity index (χ1n) is 9.28. The number of nitro groups is 1. The second-order valence-corrected chi connectivity index (χ2v) is 7.35. The molecule has 1 aromatic rings. The summed E-state index contributed by atoms with van der Waals surface area (Å²) in [5, 5.41) is 11.5. The molecule has 28 heavy (non-hydrogen) atoms. The third-order valence-corrected chi connectivity index (χ3v) is 5.82. The van der Waals surface area contributed by atoms with Gasteiger partial charge >= 0.3 is 11.8 Å². The first kappa shape index (κ1) is 20.5. The molecule has 0 radical (unpaired) electrons. The highest BCUT2D eigenvalue weighted by molar-refractivity contribution is 6.33. The summed E-state index contributed by atoms with van der Waals surface area (Å²) in [5.41, 5.74) is 0.632. The SMILES string of the molecule is COC(=O)N1CCN(C2CCN(c3cc(OC)c([N+](=O)[O-])cc3Cl)CC2)CC1. The maximum absolute atomic E-state index is 11.6. The number of carbonyl (C=O) groups excluding carboxylic acids is 1. The molecule has 0 aromatic heterocycles. The maximum Gasteiger partial charge on any atom is 0.409 e. The number of halogens is 1. The molecule has 10 heteroatoms. The molecule has 0 spiro atoms. The van der Waals surface area contributed by atoms with Crippen molar-refractivity contribution >= 4 is 29.1 Å². The van der Waals surface area contributed by atoms with Crippen molar-refractivity contribution in [3.05, 3.63) is 27.3 Å². The predicted molar refractivity (Wildman–Crippen MR) is 105 cm³/mol. The van der Waals surface area contributed by atoms with Gasteiger partial charge in [-0.25, -0.2) is 4.79 Å². The number of rotatable bonds is 4. The standard InChI is InChI=1S/C18H25ClN4O5/c1-27-17-12-15(14(19)11-16(17)23(25)26)21-5-3-13(4-6-21)20-7-9-22(10-8-20)18(24)28-2/h11-13H,3-10H2,1-2H3. The van der Waals surface area contributed by atoms with Gasteiger partial charge in [-0.2, -0.15) is 0 Å². The highest BCUT2D eigenvalue weighted by Crippen LogP contribution is 2.38. The van der Waals surface area contributed by atoms with Crippen LogP contribution in [0.3, 0.4) is 0 Å². The summed E-state index contributed by atoms with van der Waals surface area (Å²) in [6, 6.07) is 3.46. The number of methoxy groups -OCH3 is 2. The van der Waals surface area contributed by atoms with Crippen LogP contribution in [0.4, 0.5) is 16.2 Å². The van der Waals surface area contributed by atoms with E-state index < -0.39 is 4.92 Å². The first-order chi connectivity index (χ1) is 13.4. The molecule has 154 valence electrons. The van der Waals surface area contributed by atoms with Crippen LogP contribution in [0.2, 0.25) is 5.02 Å². The van der Waals surface area contributed by atoms with Gasteiger partial charge in [-0.05, 0) is 12.8 Å². The number of carbonyl (C=O) groups is 1. The number of piperazine rings is 1. The number of hydrogen-bond donors (Lipinski definition) is 0. The van der Waals surface area contributed by atoms with Crippen LogP contribution < -0.4 is 9.64 Å². The smallest absolute Gasteiger partial charge is 0.409 e. The van der Waals surface area contributed by atoms with E-state index in [1.54, 1.807) is 11.0 Å². The molecule has 0 atom stereocenters. The van der Waals surface area contributed by atoms with Gasteiger partial charge in [0, 0.05) is 57.4 Å². The molecule has 0 bridgehead atoms. The molecule has 9 nitrogen and oxygen atoms in total. The average Bonchev–Trinajstić information content (AvgIpc) is 2.73. The van der Waals surface area contributed by atoms with Gasteiger partial charge in [0.05, 0.1) is 29.9 Å². The van der Waals surface area contributed by atoms with Crippen molar-refractivity contribution in [2.24, 2.45) is 0 Å². The monoisotopic (exact) mass is 412 g/mol. The van der Waals surface area contributed by atoms with Gasteiger partial charge in [0.1, 0.15) is 0 Å². The number of hydrogen-bond acceptors (Lipinski definition) is 7. The van der Waals surface area contributed by atoms with E-state index in [0.29, 0.717) is 24.2 Å². The Bertz CT molecular complexity index is 731. The number of ether oxygens (including phenoxy) is 2. The van der Waals surface area contributed by atoms with Crippen molar-refractivity contribution in [2.45, 2.75) is 18.9 Å². The van der Waals surface area contributed by atoms with Gasteiger partial charge in [-0.3, -0.25) is 15.0 Å². The van der Waals surface area contributed by atoms with Gasteiger partial charge < -0.3 is 19.3 Å². The Labute approximate surface area is 168 Å². The van der Waals surface area contributed by atoms with Crippen molar-refractivity contribution in [2.75, 3.05) is 58.4 Å². The van der Waals surface area contributed by atoms with Crippen LogP contribution in [-0.4, -0.2) is 80.3 Å². The van der Waals surface area contributed by atoms with Crippen molar-refractivity contribution in [1.82, 2.24) is 9.80 Å². The lowest BCUT2D eigenvalue weighted by atomic mass is 10.0. The maximum atomic E-state index is 11.6. The molecule has 0 unspecified atom stereocenters. The molecule has 2 aliphatic rings. The van der Waals surface area contributed by atoms with E-state index in [1.165, 1.54) is 20.3 Å². The molecule has 1 amide bonds. The predicted octanol–water partition coefficient (Wildman–Crippen LogP) is 2.61. The number of benzene rings is 1. The Hall–Kier alpha value is -2.26. The summed E-state index contributed by atoms with van der Waals surface area (Å²) < 4.78 is 9.95. The van der Waals surface area contributed by atoms with Crippen LogP contribution >= 0.6 is 11.6 Å². The summed E-state index contributed by atoms with van der Waals surface area (Å²) in [6.07, 6.45) is 1.66. The minimum atomic E-state index is -0.491. The van der Waals surface area contributed by atoms with Gasteiger partial charge in [-0.15, -0.1) is 0 Å². The van der Waals surface area contributed by atoms with E-state index in [0.717, 1.165) is 44.7 Å². The van der Waals surface area contributed by atoms with Crippen molar-refractivity contribution < 1.29 is 19.2 Å². The van der Waals surface area contributed by atoms with Gasteiger partial charge in [0.15, 0.2) is 5.75 Å². The Balaban J connectivity index is 1.60. The van der Waals surface area contributed by atoms with E-state index in [2.05, 4.69) is 9.80 Å². The second-order valence-electron chi connectivity index (χ2n) is 6.94. The molecule has 1 aromatic carbocycles. The highest BCUT2D eigenvalue weighted by Gasteiger charge is 2.30. The molecule has 2 saturated heterocycles. The third kappa shape index (κ3) is 4.25. The minimum absolute atomic E-state index is 0.130. The zero-order valence-electron chi connectivity index (χ0n) is 16.1. The second kappa shape index (κ2) is 8.83. The van der Waals surface area contributed by atoms with Crippen molar-refractivity contribution in [3.63, 3.8) is 0 Å². The lowest BCUT2D eigenvalue weighted by molar-refractivity contribution is -0.385. The summed E-state index contributed by atoms with van der Waals surface area (Å²) in [7, 11) is 2.82. The zero-order chi connectivity index (χ0) is 20.3. The summed E-state index contributed by atoms with van der Waals surface area (Å²) in [4.78, 5) is 28.6. The summed E-state index contributed by atoms with van der Waals surface area (Å²) >= 11 is 6.32. The fourth-order valence-electron chi connectivity index (χ4n) is 3.95. The molecule has 0 saturated carbocycles. The Morgan fingerprint density at radius 2 is 1.79 bits per heavy atom. The molecule has 0 aliphatic carbocycles. The van der Waals surface area contributed by atoms with Gasteiger partial charge in [0.2, 0.25) is 0 Å². The zero-order valence-corrected chi connectivity index (χ0v) is 16.9. The van der Waals surface area contributed by atoms with Crippen LogP contribution in [0.15, 0.2) is 12.1 Å². The Morgan fingerprint density at radius 3 is 2.32 bits per heavy atom. The van der Waals surface area contributed by atoms with Crippen LogP contribution in [-0.2, 0) is 4.74 Å². The number of amides is 1. The van der Waals surface area contributed by atoms with Crippen LogP contribution in [0, 0.1) is 10.1 Å². The summed E-state index contributed by atoms with van der Waals surface area (Å²) in [6.45, 7) is 4.65. The molecule has 0 N–H and O–H groups in total. The number of nitrogens with zero attached hydrogens (tertiary/aromatic N) is 4. The summed E-state index contributed by atoms with van der Waals surface area (Å²) in [5.74, 6) is 0.213. The quantitative estimate of drug-likeness (QED) is 0.554. The molecule has 3 rings (SSSR count). The fraction of sp³-hybridized carbons (Fsp3) is 0.611. The van der Waals surface area contributed by atoms with Gasteiger partial charge in [-0.1, -0.05) is 11.6 Å². The van der Waals surface area contributed by atoms with E-state index in [4.69, 9.17) is 21.1 Å². The van der Waals surface area contributed by atoms with Crippen molar-refractivity contribution in [1.29, 1.82) is 0 Å². The Kier molecular flexibility index (Phi) is 6.46. The normalized spacial score (nSPS) is 18.8. The molecular formula is C18H25ClN4O5. The van der Waals surface area contributed by atoms with E-state index in [1.807, 2.05) is 0 Å². The minimum Gasteiger partial charge on any atom is -0.490 e. The van der Waals surface area contributed by atoms with Crippen molar-refractivity contribution in [3.8, 4) is 5.75 Å². The van der Waals surface area contributed by atoms with E-state index in [-0.39, 0.29) is 17.5 Å². The lowest BCUT2D eigenvalue weighted by Gasteiger charge is -2.43. The number of anilines is 1. The van der Waals surface area contributed by atoms with E-state index >= 15 is 0 Å². The largest absolute Gasteiger partial charge is 0.490 e. The van der Waals surface area contributed by atoms with Gasteiger partial charge in [0.25, 0.3) is 0 Å². The molecule has 2 fully saturated rings. The Morgan fingerprint density at radius 1 is 1.14 bits per heavy atom. The molecule has 2 heterocycles.